The second-order valence-corrected chi connectivity index (χ2v) is 9.57. The van der Waals surface area contributed by atoms with E-state index in [1.54, 1.807) is 12.1 Å². The number of hydrogen-bond donors (Lipinski definition) is 0. The lowest BCUT2D eigenvalue weighted by Crippen LogP contribution is -2.34. The van der Waals surface area contributed by atoms with Crippen molar-refractivity contribution in [2.45, 2.75) is 83.7 Å². The second kappa shape index (κ2) is 8.49. The Bertz CT molecular complexity index is 591. The van der Waals surface area contributed by atoms with Gasteiger partial charge in [-0.25, -0.2) is 0 Å². The molecule has 3 saturated carbocycles. The van der Waals surface area contributed by atoms with Crippen LogP contribution < -0.4 is 4.74 Å². The highest BCUT2D eigenvalue weighted by Crippen LogP contribution is 2.49. The maximum Gasteiger partial charge on any atom is 0.387 e. The summed E-state index contributed by atoms with van der Waals surface area (Å²) in [6.07, 6.45) is 14.0. The molecule has 0 aliphatic heterocycles. The topological polar surface area (TPSA) is 9.23 Å². The zero-order valence-electron chi connectivity index (χ0n) is 16.6. The van der Waals surface area contributed by atoms with Crippen LogP contribution in [0.2, 0.25) is 0 Å². The van der Waals surface area contributed by atoms with Gasteiger partial charge >= 0.3 is 6.61 Å². The number of alkyl halides is 2. The van der Waals surface area contributed by atoms with Gasteiger partial charge in [0.05, 0.1) is 0 Å². The summed E-state index contributed by atoms with van der Waals surface area (Å²) in [5.74, 6) is 5.73. The molecule has 1 nitrogen and oxygen atoms in total. The predicted octanol–water partition coefficient (Wildman–Crippen LogP) is 7.41. The molecule has 4 atom stereocenters. The molecule has 3 fully saturated rings. The lowest BCUT2D eigenvalue weighted by Gasteiger charge is -2.45. The summed E-state index contributed by atoms with van der Waals surface area (Å²) in [6, 6.07) is 7.35. The van der Waals surface area contributed by atoms with Crippen LogP contribution in [0, 0.1) is 29.6 Å². The van der Waals surface area contributed by atoms with Crippen molar-refractivity contribution in [1.29, 1.82) is 0 Å². The molecule has 1 aromatic carbocycles. The summed E-state index contributed by atoms with van der Waals surface area (Å²) >= 11 is 0. The molecule has 0 N–H and O–H groups in total. The van der Waals surface area contributed by atoms with Crippen LogP contribution in [0.25, 0.3) is 0 Å². The molecule has 1 aromatic rings. The minimum atomic E-state index is -2.74. The van der Waals surface area contributed by atoms with Crippen LogP contribution in [-0.2, 0) is 0 Å². The van der Waals surface area contributed by atoms with Gasteiger partial charge in [0.1, 0.15) is 5.75 Å². The summed E-state index contributed by atoms with van der Waals surface area (Å²) in [6.45, 7) is -0.302. The molecule has 150 valence electrons. The van der Waals surface area contributed by atoms with Crippen molar-refractivity contribution in [1.82, 2.24) is 0 Å². The van der Waals surface area contributed by atoms with Crippen LogP contribution >= 0.6 is 0 Å². The van der Waals surface area contributed by atoms with Crippen molar-refractivity contribution in [2.75, 3.05) is 0 Å². The Hall–Kier alpha value is -1.12. The van der Waals surface area contributed by atoms with Gasteiger partial charge in [0.25, 0.3) is 0 Å². The lowest BCUT2D eigenvalue weighted by atomic mass is 9.61. The minimum Gasteiger partial charge on any atom is -0.435 e. The molecule has 0 aromatic heterocycles. The molecule has 4 rings (SSSR count). The van der Waals surface area contributed by atoms with Gasteiger partial charge < -0.3 is 4.74 Å². The fourth-order valence-electron chi connectivity index (χ4n) is 6.43. The van der Waals surface area contributed by atoms with Crippen LogP contribution in [0.5, 0.6) is 5.75 Å². The molecule has 0 bridgehead atoms. The third kappa shape index (κ3) is 4.66. The van der Waals surface area contributed by atoms with Gasteiger partial charge in [0.2, 0.25) is 0 Å². The highest BCUT2D eigenvalue weighted by molar-refractivity contribution is 5.29. The van der Waals surface area contributed by atoms with Crippen LogP contribution in [-0.4, -0.2) is 6.61 Å². The first-order chi connectivity index (χ1) is 13.1. The summed E-state index contributed by atoms with van der Waals surface area (Å²) in [5.41, 5.74) is 1.29. The van der Waals surface area contributed by atoms with Crippen molar-refractivity contribution >= 4 is 0 Å². The summed E-state index contributed by atoms with van der Waals surface area (Å²) in [7, 11) is 0. The van der Waals surface area contributed by atoms with Crippen LogP contribution in [0.3, 0.4) is 0 Å². The van der Waals surface area contributed by atoms with Gasteiger partial charge in [-0.3, -0.25) is 0 Å². The van der Waals surface area contributed by atoms with E-state index >= 15 is 0 Å². The fraction of sp³-hybridized carbons (Fsp3) is 0.750. The molecule has 3 aliphatic rings. The van der Waals surface area contributed by atoms with E-state index in [9.17, 15) is 8.78 Å². The minimum absolute atomic E-state index is 0.265. The monoisotopic (exact) mass is 376 g/mol. The van der Waals surface area contributed by atoms with E-state index in [0.29, 0.717) is 5.92 Å². The van der Waals surface area contributed by atoms with Crippen molar-refractivity contribution < 1.29 is 13.5 Å². The first kappa shape index (κ1) is 19.2. The van der Waals surface area contributed by atoms with E-state index in [1.165, 1.54) is 69.8 Å². The number of fused-ring (bicyclic) bond motifs is 1. The third-order valence-corrected chi connectivity index (χ3v) is 7.93. The summed E-state index contributed by atoms with van der Waals surface area (Å²) in [5, 5.41) is 0. The second-order valence-electron chi connectivity index (χ2n) is 9.57. The SMILES string of the molecule is CC1CCC2CC(C3CCC(c4ccc(OC(F)F)cc4)CC3)CCC2C1. The third-order valence-electron chi connectivity index (χ3n) is 7.93. The standard InChI is InChI=1S/C24H34F2O/c1-16-2-3-22-15-21(9-8-20(22)14-16)19-6-4-17(5-7-19)18-10-12-23(13-11-18)27-24(25)26/h10-13,16-17,19-22,24H,2-9,14-15H2,1H3. The average molecular weight is 377 g/mol. The molecule has 27 heavy (non-hydrogen) atoms. The van der Waals surface area contributed by atoms with Gasteiger partial charge in [0, 0.05) is 0 Å². The van der Waals surface area contributed by atoms with Crippen LogP contribution in [0.1, 0.15) is 82.6 Å². The highest BCUT2D eigenvalue weighted by atomic mass is 19.3. The zero-order chi connectivity index (χ0) is 18.8. The van der Waals surface area contributed by atoms with Crippen molar-refractivity contribution in [3.63, 3.8) is 0 Å². The number of rotatable bonds is 4. The van der Waals surface area contributed by atoms with E-state index in [0.717, 1.165) is 29.6 Å². The van der Waals surface area contributed by atoms with Crippen molar-refractivity contribution in [3.8, 4) is 5.75 Å². The molecule has 3 aliphatic carbocycles. The number of ether oxygens (including phenoxy) is 1. The molecule has 0 saturated heterocycles. The highest BCUT2D eigenvalue weighted by Gasteiger charge is 2.38. The zero-order valence-corrected chi connectivity index (χ0v) is 16.6. The molecule has 0 heterocycles. The normalized spacial score (nSPS) is 37.0. The van der Waals surface area contributed by atoms with Gasteiger partial charge in [-0.15, -0.1) is 0 Å². The summed E-state index contributed by atoms with van der Waals surface area (Å²) < 4.78 is 29.1. The Kier molecular flexibility index (Phi) is 6.04. The maximum atomic E-state index is 12.3. The number of halogens is 2. The average Bonchev–Trinajstić information content (AvgIpc) is 2.68. The number of benzene rings is 1. The van der Waals surface area contributed by atoms with Gasteiger partial charge in [-0.1, -0.05) is 25.5 Å². The molecule has 0 radical (unpaired) electrons. The Labute approximate surface area is 162 Å². The maximum absolute atomic E-state index is 12.3. The summed E-state index contributed by atoms with van der Waals surface area (Å²) in [4.78, 5) is 0. The molecular weight excluding hydrogens is 342 g/mol. The van der Waals surface area contributed by atoms with E-state index in [-0.39, 0.29) is 5.75 Å². The Morgan fingerprint density at radius 3 is 1.96 bits per heavy atom. The van der Waals surface area contributed by atoms with E-state index in [2.05, 4.69) is 11.7 Å². The molecule has 0 spiro atoms. The first-order valence-corrected chi connectivity index (χ1v) is 11.1. The smallest absolute Gasteiger partial charge is 0.387 e. The Balaban J connectivity index is 1.28. The molecule has 4 unspecified atom stereocenters. The Morgan fingerprint density at radius 2 is 1.30 bits per heavy atom. The number of hydrogen-bond acceptors (Lipinski definition) is 1. The Morgan fingerprint density at radius 1 is 0.741 bits per heavy atom. The molecular formula is C24H34F2O. The molecule has 0 amide bonds. The first-order valence-electron chi connectivity index (χ1n) is 11.1. The largest absolute Gasteiger partial charge is 0.435 e. The predicted molar refractivity (Wildman–Crippen MR) is 105 cm³/mol. The van der Waals surface area contributed by atoms with E-state index in [1.807, 2.05) is 12.1 Å². The van der Waals surface area contributed by atoms with Crippen LogP contribution in [0.15, 0.2) is 24.3 Å². The van der Waals surface area contributed by atoms with Crippen molar-refractivity contribution in [2.24, 2.45) is 29.6 Å². The quantitative estimate of drug-likeness (QED) is 0.531. The van der Waals surface area contributed by atoms with Gasteiger partial charge in [0.15, 0.2) is 0 Å². The van der Waals surface area contributed by atoms with Crippen LogP contribution in [0.4, 0.5) is 8.78 Å². The fourth-order valence-corrected chi connectivity index (χ4v) is 6.43. The van der Waals surface area contributed by atoms with E-state index in [4.69, 9.17) is 0 Å². The van der Waals surface area contributed by atoms with E-state index < -0.39 is 6.61 Å². The lowest BCUT2D eigenvalue weighted by molar-refractivity contribution is -0.0498. The molecule has 3 heteroatoms. The van der Waals surface area contributed by atoms with Gasteiger partial charge in [-0.2, -0.15) is 8.78 Å². The van der Waals surface area contributed by atoms with Crippen molar-refractivity contribution in [3.05, 3.63) is 29.8 Å². The van der Waals surface area contributed by atoms with Gasteiger partial charge in [-0.05, 0) is 111 Å².